The highest BCUT2D eigenvalue weighted by Gasteiger charge is 2.22. The molecular formula is C28H20FNO4. The molecule has 0 saturated heterocycles. The summed E-state index contributed by atoms with van der Waals surface area (Å²) in [6.07, 6.45) is 1.89. The fourth-order valence-corrected chi connectivity index (χ4v) is 4.00. The van der Waals surface area contributed by atoms with Crippen LogP contribution in [-0.2, 0) is 6.42 Å². The van der Waals surface area contributed by atoms with Crippen LogP contribution in [0.25, 0.3) is 33.4 Å². The van der Waals surface area contributed by atoms with Gasteiger partial charge in [0.15, 0.2) is 11.6 Å². The van der Waals surface area contributed by atoms with Crippen LogP contribution in [0.15, 0.2) is 88.0 Å². The molecule has 0 amide bonds. The standard InChI is InChI=1S/C28H20FNO4/c1-2-24(31)27-23-15-19(8-11-26(23)34-28(27)17-6-9-21(29)10-7-17)18-4-3-5-20(14-18)25(32)16-22-12-13-33-30-22/h3-15H,2,16H2,1H3. The number of nitrogens with zero attached hydrogens (tertiary/aromatic N) is 1. The molecule has 0 aliphatic heterocycles. The summed E-state index contributed by atoms with van der Waals surface area (Å²) in [6.45, 7) is 1.80. The van der Waals surface area contributed by atoms with Crippen LogP contribution in [0.5, 0.6) is 0 Å². The largest absolute Gasteiger partial charge is 0.455 e. The van der Waals surface area contributed by atoms with Crippen molar-refractivity contribution in [1.82, 2.24) is 5.16 Å². The molecule has 0 unspecified atom stereocenters. The van der Waals surface area contributed by atoms with Gasteiger partial charge >= 0.3 is 0 Å². The highest BCUT2D eigenvalue weighted by molar-refractivity contribution is 6.12. The van der Waals surface area contributed by atoms with E-state index in [4.69, 9.17) is 8.94 Å². The lowest BCUT2D eigenvalue weighted by Crippen LogP contribution is -2.03. The molecule has 0 aliphatic carbocycles. The topological polar surface area (TPSA) is 73.3 Å². The first kappa shape index (κ1) is 21.5. The molecule has 5 aromatic rings. The molecule has 5 rings (SSSR count). The monoisotopic (exact) mass is 453 g/mol. The van der Waals surface area contributed by atoms with Crippen LogP contribution in [0.4, 0.5) is 4.39 Å². The highest BCUT2D eigenvalue weighted by Crippen LogP contribution is 2.37. The van der Waals surface area contributed by atoms with Gasteiger partial charge in [-0.25, -0.2) is 4.39 Å². The third-order valence-corrected chi connectivity index (χ3v) is 5.75. The summed E-state index contributed by atoms with van der Waals surface area (Å²) in [7, 11) is 0. The van der Waals surface area contributed by atoms with Gasteiger partial charge in [0, 0.05) is 29.0 Å². The van der Waals surface area contributed by atoms with Gasteiger partial charge in [-0.3, -0.25) is 9.59 Å². The number of hydrogen-bond donors (Lipinski definition) is 0. The molecule has 6 heteroatoms. The van der Waals surface area contributed by atoms with E-state index in [9.17, 15) is 14.0 Å². The number of carbonyl (C=O) groups excluding carboxylic acids is 2. The van der Waals surface area contributed by atoms with E-state index in [-0.39, 0.29) is 23.8 Å². The van der Waals surface area contributed by atoms with Gasteiger partial charge in [0.1, 0.15) is 23.4 Å². The number of hydrogen-bond acceptors (Lipinski definition) is 5. The van der Waals surface area contributed by atoms with Gasteiger partial charge in [-0.15, -0.1) is 0 Å². The lowest BCUT2D eigenvalue weighted by Gasteiger charge is -2.06. The van der Waals surface area contributed by atoms with Crippen molar-refractivity contribution in [2.24, 2.45) is 0 Å². The van der Waals surface area contributed by atoms with E-state index in [0.717, 1.165) is 11.1 Å². The summed E-state index contributed by atoms with van der Waals surface area (Å²) in [5.41, 5.74) is 4.50. The van der Waals surface area contributed by atoms with E-state index in [1.165, 1.54) is 18.4 Å². The van der Waals surface area contributed by atoms with Crippen molar-refractivity contribution in [3.63, 3.8) is 0 Å². The Balaban J connectivity index is 1.57. The fraction of sp³-hybridized carbons (Fsp3) is 0.107. The van der Waals surface area contributed by atoms with Crippen LogP contribution in [0.1, 0.15) is 39.8 Å². The summed E-state index contributed by atoms with van der Waals surface area (Å²) < 4.78 is 24.3. The molecule has 0 aliphatic rings. The van der Waals surface area contributed by atoms with E-state index < -0.39 is 0 Å². The van der Waals surface area contributed by atoms with Crippen LogP contribution in [0, 0.1) is 5.82 Å². The zero-order valence-corrected chi connectivity index (χ0v) is 18.4. The van der Waals surface area contributed by atoms with Crippen molar-refractivity contribution in [2.75, 3.05) is 0 Å². The third-order valence-electron chi connectivity index (χ3n) is 5.75. The molecule has 0 atom stereocenters. The molecule has 0 saturated carbocycles. The summed E-state index contributed by atoms with van der Waals surface area (Å²) in [5, 5.41) is 4.49. The Bertz CT molecular complexity index is 1500. The van der Waals surface area contributed by atoms with Crippen LogP contribution in [-0.4, -0.2) is 16.7 Å². The van der Waals surface area contributed by atoms with Crippen molar-refractivity contribution in [1.29, 1.82) is 0 Å². The minimum Gasteiger partial charge on any atom is -0.455 e. The maximum absolute atomic E-state index is 13.4. The fourth-order valence-electron chi connectivity index (χ4n) is 4.00. The second-order valence-corrected chi connectivity index (χ2v) is 7.97. The first-order valence-electron chi connectivity index (χ1n) is 10.9. The molecule has 0 fully saturated rings. The molecule has 0 spiro atoms. The Morgan fingerprint density at radius 2 is 1.65 bits per heavy atom. The second kappa shape index (κ2) is 8.90. The van der Waals surface area contributed by atoms with Crippen LogP contribution in [0.3, 0.4) is 0 Å². The molecule has 2 aromatic heterocycles. The molecule has 168 valence electrons. The van der Waals surface area contributed by atoms with Gasteiger partial charge in [0.25, 0.3) is 0 Å². The Labute approximate surface area is 194 Å². The first-order valence-corrected chi connectivity index (χ1v) is 10.9. The van der Waals surface area contributed by atoms with Crippen molar-refractivity contribution in [3.05, 3.63) is 102 Å². The molecule has 2 heterocycles. The van der Waals surface area contributed by atoms with Crippen molar-refractivity contribution < 1.29 is 22.9 Å². The predicted molar refractivity (Wildman–Crippen MR) is 126 cm³/mol. The van der Waals surface area contributed by atoms with Gasteiger partial charge in [-0.05, 0) is 53.6 Å². The average molecular weight is 453 g/mol. The van der Waals surface area contributed by atoms with Crippen molar-refractivity contribution >= 4 is 22.5 Å². The molecule has 34 heavy (non-hydrogen) atoms. The number of Topliss-reactive ketones (excluding diaryl/α,β-unsaturated/α-hetero) is 2. The molecule has 3 aromatic carbocycles. The number of benzene rings is 3. The predicted octanol–water partition coefficient (Wildman–Crippen LogP) is 6.91. The SMILES string of the molecule is CCC(=O)c1c(-c2ccc(F)cc2)oc2ccc(-c3cccc(C(=O)Cc4ccon4)c3)cc12. The zero-order chi connectivity index (χ0) is 23.7. The third kappa shape index (κ3) is 4.06. The number of ketones is 2. The minimum absolute atomic E-state index is 0.0632. The van der Waals surface area contributed by atoms with Crippen LogP contribution < -0.4 is 0 Å². The number of aromatic nitrogens is 1. The maximum Gasteiger partial charge on any atom is 0.168 e. The minimum atomic E-state index is -0.358. The lowest BCUT2D eigenvalue weighted by atomic mass is 9.96. The Kier molecular flexibility index (Phi) is 5.64. The van der Waals surface area contributed by atoms with Gasteiger partial charge in [-0.1, -0.05) is 36.3 Å². The number of fused-ring (bicyclic) bond motifs is 1. The molecule has 0 N–H and O–H groups in total. The normalized spacial score (nSPS) is 11.1. The summed E-state index contributed by atoms with van der Waals surface area (Å²) >= 11 is 0. The van der Waals surface area contributed by atoms with E-state index in [0.29, 0.717) is 45.5 Å². The van der Waals surface area contributed by atoms with Gasteiger partial charge in [-0.2, -0.15) is 0 Å². The number of rotatable bonds is 7. The molecule has 0 bridgehead atoms. The number of furan rings is 1. The Morgan fingerprint density at radius 3 is 2.38 bits per heavy atom. The van der Waals surface area contributed by atoms with E-state index >= 15 is 0 Å². The number of halogens is 1. The van der Waals surface area contributed by atoms with E-state index in [1.807, 2.05) is 36.4 Å². The van der Waals surface area contributed by atoms with Gasteiger partial charge in [0.2, 0.25) is 0 Å². The smallest absolute Gasteiger partial charge is 0.168 e. The Hall–Kier alpha value is -4.32. The Morgan fingerprint density at radius 1 is 0.882 bits per heavy atom. The van der Waals surface area contributed by atoms with Crippen molar-refractivity contribution in [3.8, 4) is 22.5 Å². The molecule has 5 nitrogen and oxygen atoms in total. The second-order valence-electron chi connectivity index (χ2n) is 7.97. The van der Waals surface area contributed by atoms with Crippen LogP contribution >= 0.6 is 0 Å². The summed E-state index contributed by atoms with van der Waals surface area (Å²) in [5.74, 6) is -0.0635. The van der Waals surface area contributed by atoms with Gasteiger partial charge < -0.3 is 8.94 Å². The number of carbonyl (C=O) groups is 2. The molecule has 0 radical (unpaired) electrons. The average Bonchev–Trinajstić information content (AvgIpc) is 3.51. The van der Waals surface area contributed by atoms with Crippen LogP contribution in [0.2, 0.25) is 0 Å². The van der Waals surface area contributed by atoms with E-state index in [2.05, 4.69) is 5.16 Å². The maximum atomic E-state index is 13.4. The lowest BCUT2D eigenvalue weighted by molar-refractivity contribution is 0.0982. The highest BCUT2D eigenvalue weighted by atomic mass is 19.1. The quantitative estimate of drug-likeness (QED) is 0.250. The summed E-state index contributed by atoms with van der Waals surface area (Å²) in [6, 6.07) is 20.5. The summed E-state index contributed by atoms with van der Waals surface area (Å²) in [4.78, 5) is 25.6. The van der Waals surface area contributed by atoms with Crippen molar-refractivity contribution in [2.45, 2.75) is 19.8 Å². The first-order chi connectivity index (χ1) is 16.5. The van der Waals surface area contributed by atoms with Gasteiger partial charge in [0.05, 0.1) is 17.7 Å². The zero-order valence-electron chi connectivity index (χ0n) is 18.4. The molecular weight excluding hydrogens is 433 g/mol. The van der Waals surface area contributed by atoms with E-state index in [1.54, 1.807) is 31.2 Å².